The second-order valence-corrected chi connectivity index (χ2v) is 6.70. The number of nitrogens with one attached hydrogen (secondary N) is 1. The lowest BCUT2D eigenvalue weighted by Crippen LogP contribution is -2.55. The molecule has 1 heterocycles. The minimum atomic E-state index is 0.562. The van der Waals surface area contributed by atoms with Crippen molar-refractivity contribution in [1.29, 1.82) is 0 Å². The number of aryl methyl sites for hydroxylation is 2. The Morgan fingerprint density at radius 1 is 1.32 bits per heavy atom. The molecule has 2 rings (SSSR count). The van der Waals surface area contributed by atoms with Gasteiger partial charge in [-0.05, 0) is 50.5 Å². The first-order chi connectivity index (χ1) is 9.02. The highest BCUT2D eigenvalue weighted by Gasteiger charge is 2.26. The molecule has 1 aliphatic rings. The summed E-state index contributed by atoms with van der Waals surface area (Å²) in [6.07, 6.45) is 2.51. The number of rotatable bonds is 3. The number of benzene rings is 1. The van der Waals surface area contributed by atoms with Gasteiger partial charge in [-0.25, -0.2) is 0 Å². The largest absolute Gasteiger partial charge is 0.366 e. The minimum absolute atomic E-state index is 0.562. The summed E-state index contributed by atoms with van der Waals surface area (Å²) in [6, 6.07) is 5.65. The van der Waals surface area contributed by atoms with E-state index in [4.69, 9.17) is 0 Å². The molecule has 2 atom stereocenters. The topological polar surface area (TPSA) is 15.3 Å². The van der Waals surface area contributed by atoms with Gasteiger partial charge < -0.3 is 10.2 Å². The number of nitrogens with zero attached hydrogens (tertiary/aromatic N) is 1. The zero-order valence-electron chi connectivity index (χ0n) is 12.5. The van der Waals surface area contributed by atoms with Crippen LogP contribution in [0, 0.1) is 13.8 Å². The monoisotopic (exact) mass is 324 g/mol. The number of halogens is 1. The van der Waals surface area contributed by atoms with E-state index in [1.54, 1.807) is 0 Å². The molecule has 1 aliphatic heterocycles. The SMILES string of the molecule is CCCC1CN(c2c(C)cc(Br)cc2C)C(C)CN1. The Kier molecular flexibility index (Phi) is 4.91. The maximum atomic E-state index is 3.67. The molecule has 1 saturated heterocycles. The lowest BCUT2D eigenvalue weighted by molar-refractivity contribution is 0.385. The van der Waals surface area contributed by atoms with Crippen molar-refractivity contribution in [2.24, 2.45) is 0 Å². The van der Waals surface area contributed by atoms with Crippen molar-refractivity contribution in [3.8, 4) is 0 Å². The Morgan fingerprint density at radius 2 is 1.95 bits per heavy atom. The molecule has 19 heavy (non-hydrogen) atoms. The predicted octanol–water partition coefficient (Wildman–Crippen LogP) is 4.03. The Morgan fingerprint density at radius 3 is 2.53 bits per heavy atom. The van der Waals surface area contributed by atoms with Crippen LogP contribution in [0.3, 0.4) is 0 Å². The summed E-state index contributed by atoms with van der Waals surface area (Å²) in [4.78, 5) is 2.59. The standard InChI is InChI=1S/C16H25BrN2/c1-5-6-15-10-19(13(4)9-18-15)16-11(2)7-14(17)8-12(16)3/h7-8,13,15,18H,5-6,9-10H2,1-4H3. The molecule has 0 aromatic heterocycles. The molecule has 0 saturated carbocycles. The molecule has 1 aromatic carbocycles. The van der Waals surface area contributed by atoms with Gasteiger partial charge in [-0.3, -0.25) is 0 Å². The molecule has 2 unspecified atom stereocenters. The second-order valence-electron chi connectivity index (χ2n) is 5.78. The molecule has 0 aliphatic carbocycles. The van der Waals surface area contributed by atoms with Gasteiger partial charge in [0.2, 0.25) is 0 Å². The van der Waals surface area contributed by atoms with Crippen molar-refractivity contribution in [2.45, 2.75) is 52.6 Å². The maximum absolute atomic E-state index is 3.67. The first-order valence-electron chi connectivity index (χ1n) is 7.29. The number of hydrogen-bond acceptors (Lipinski definition) is 2. The van der Waals surface area contributed by atoms with Crippen LogP contribution in [0.5, 0.6) is 0 Å². The summed E-state index contributed by atoms with van der Waals surface area (Å²) in [5.41, 5.74) is 4.17. The Hall–Kier alpha value is -0.540. The van der Waals surface area contributed by atoms with E-state index in [0.29, 0.717) is 12.1 Å². The minimum Gasteiger partial charge on any atom is -0.366 e. The molecule has 0 radical (unpaired) electrons. The number of piperazine rings is 1. The van der Waals surface area contributed by atoms with Crippen molar-refractivity contribution in [2.75, 3.05) is 18.0 Å². The van der Waals surface area contributed by atoms with Crippen LogP contribution < -0.4 is 10.2 Å². The van der Waals surface area contributed by atoms with Crippen molar-refractivity contribution >= 4 is 21.6 Å². The van der Waals surface area contributed by atoms with Crippen molar-refractivity contribution in [1.82, 2.24) is 5.32 Å². The Bertz CT molecular complexity index is 421. The van der Waals surface area contributed by atoms with E-state index < -0.39 is 0 Å². The number of hydrogen-bond donors (Lipinski definition) is 1. The van der Waals surface area contributed by atoms with Gasteiger partial charge in [0, 0.05) is 35.3 Å². The maximum Gasteiger partial charge on any atom is 0.0429 e. The van der Waals surface area contributed by atoms with E-state index in [1.807, 2.05) is 0 Å². The summed E-state index contributed by atoms with van der Waals surface area (Å²) < 4.78 is 1.18. The van der Waals surface area contributed by atoms with Gasteiger partial charge in [-0.1, -0.05) is 29.3 Å². The van der Waals surface area contributed by atoms with Gasteiger partial charge in [0.05, 0.1) is 0 Å². The summed E-state index contributed by atoms with van der Waals surface area (Å²) in [5.74, 6) is 0. The van der Waals surface area contributed by atoms with Gasteiger partial charge >= 0.3 is 0 Å². The molecule has 3 heteroatoms. The molecule has 1 aromatic rings. The molecule has 0 bridgehead atoms. The summed E-state index contributed by atoms with van der Waals surface area (Å²) in [6.45, 7) is 11.2. The van der Waals surface area contributed by atoms with Crippen LogP contribution in [0.2, 0.25) is 0 Å². The summed E-state index contributed by atoms with van der Waals surface area (Å²) >= 11 is 3.59. The fourth-order valence-electron chi connectivity index (χ4n) is 3.14. The highest BCUT2D eigenvalue weighted by molar-refractivity contribution is 9.10. The van der Waals surface area contributed by atoms with Crippen LogP contribution in [-0.2, 0) is 0 Å². The Labute approximate surface area is 125 Å². The lowest BCUT2D eigenvalue weighted by Gasteiger charge is -2.42. The summed E-state index contributed by atoms with van der Waals surface area (Å²) in [5, 5.41) is 3.67. The first-order valence-corrected chi connectivity index (χ1v) is 8.09. The molecule has 1 fully saturated rings. The molecule has 0 amide bonds. The highest BCUT2D eigenvalue weighted by Crippen LogP contribution is 2.31. The predicted molar refractivity (Wildman–Crippen MR) is 87.1 cm³/mol. The van der Waals surface area contributed by atoms with Crippen LogP contribution >= 0.6 is 15.9 Å². The van der Waals surface area contributed by atoms with Gasteiger partial charge in [-0.2, -0.15) is 0 Å². The fraction of sp³-hybridized carbons (Fsp3) is 0.625. The third-order valence-electron chi connectivity index (χ3n) is 4.03. The quantitative estimate of drug-likeness (QED) is 0.902. The van der Waals surface area contributed by atoms with Crippen LogP contribution in [0.15, 0.2) is 16.6 Å². The number of anilines is 1. The van der Waals surface area contributed by atoms with Gasteiger partial charge in [0.25, 0.3) is 0 Å². The average molecular weight is 325 g/mol. The molecule has 2 nitrogen and oxygen atoms in total. The van der Waals surface area contributed by atoms with E-state index in [2.05, 4.69) is 66.0 Å². The third-order valence-corrected chi connectivity index (χ3v) is 4.49. The molecule has 106 valence electrons. The van der Waals surface area contributed by atoms with Gasteiger partial charge in [0.1, 0.15) is 0 Å². The van der Waals surface area contributed by atoms with Crippen molar-refractivity contribution < 1.29 is 0 Å². The van der Waals surface area contributed by atoms with E-state index in [9.17, 15) is 0 Å². The van der Waals surface area contributed by atoms with Gasteiger partial charge in [0.15, 0.2) is 0 Å². The van der Waals surface area contributed by atoms with Crippen molar-refractivity contribution in [3.63, 3.8) is 0 Å². The van der Waals surface area contributed by atoms with Crippen LogP contribution in [0.1, 0.15) is 37.8 Å². The lowest BCUT2D eigenvalue weighted by atomic mass is 10.0. The van der Waals surface area contributed by atoms with E-state index in [0.717, 1.165) is 13.1 Å². The zero-order valence-corrected chi connectivity index (χ0v) is 14.0. The molecular weight excluding hydrogens is 300 g/mol. The van der Waals surface area contributed by atoms with Crippen LogP contribution in [0.25, 0.3) is 0 Å². The second kappa shape index (κ2) is 6.27. The molecular formula is C16H25BrN2. The smallest absolute Gasteiger partial charge is 0.0429 e. The van der Waals surface area contributed by atoms with E-state index in [1.165, 1.54) is 34.1 Å². The molecule has 0 spiro atoms. The van der Waals surface area contributed by atoms with E-state index >= 15 is 0 Å². The Balaban J connectivity index is 2.28. The zero-order chi connectivity index (χ0) is 14.0. The van der Waals surface area contributed by atoms with Crippen molar-refractivity contribution in [3.05, 3.63) is 27.7 Å². The normalized spacial score (nSPS) is 23.7. The fourth-order valence-corrected chi connectivity index (χ4v) is 3.83. The van der Waals surface area contributed by atoms with E-state index in [-0.39, 0.29) is 0 Å². The average Bonchev–Trinajstić information content (AvgIpc) is 2.32. The van der Waals surface area contributed by atoms with Crippen LogP contribution in [0.4, 0.5) is 5.69 Å². The van der Waals surface area contributed by atoms with Gasteiger partial charge in [-0.15, -0.1) is 0 Å². The highest BCUT2D eigenvalue weighted by atomic mass is 79.9. The third kappa shape index (κ3) is 3.32. The van der Waals surface area contributed by atoms with Crippen LogP contribution in [-0.4, -0.2) is 25.2 Å². The first kappa shape index (κ1) is 14.9. The molecule has 1 N–H and O–H groups in total. The summed E-state index contributed by atoms with van der Waals surface area (Å²) in [7, 11) is 0.